The zero-order valence-electron chi connectivity index (χ0n) is 16.4. The van der Waals surface area contributed by atoms with E-state index in [2.05, 4.69) is 53.2 Å². The van der Waals surface area contributed by atoms with E-state index in [0.29, 0.717) is 17.8 Å². The molecule has 0 saturated carbocycles. The summed E-state index contributed by atoms with van der Waals surface area (Å²) >= 11 is 1.66. The Morgan fingerprint density at radius 3 is 2.54 bits per heavy atom. The molecule has 1 saturated heterocycles. The van der Waals surface area contributed by atoms with Crippen molar-refractivity contribution in [2.75, 3.05) is 43.4 Å². The predicted octanol–water partition coefficient (Wildman–Crippen LogP) is 2.76. The second-order valence-corrected chi connectivity index (χ2v) is 7.79. The molecular weight excluding hydrogens is 372 g/mol. The summed E-state index contributed by atoms with van der Waals surface area (Å²) in [7, 11) is 2.13. The Bertz CT molecular complexity index is 935. The van der Waals surface area contributed by atoms with E-state index in [-0.39, 0.29) is 0 Å². The highest BCUT2D eigenvalue weighted by Crippen LogP contribution is 2.25. The summed E-state index contributed by atoms with van der Waals surface area (Å²) in [6, 6.07) is 6.06. The van der Waals surface area contributed by atoms with Gasteiger partial charge in [-0.15, -0.1) is 11.3 Å². The lowest BCUT2D eigenvalue weighted by Gasteiger charge is -2.32. The van der Waals surface area contributed by atoms with Gasteiger partial charge in [-0.25, -0.2) is 9.97 Å². The van der Waals surface area contributed by atoms with Crippen LogP contribution in [-0.2, 0) is 6.42 Å². The van der Waals surface area contributed by atoms with Gasteiger partial charge in [-0.2, -0.15) is 15.0 Å². The number of nitrogens with one attached hydrogen (secondary N) is 1. The Kier molecular flexibility index (Phi) is 5.45. The van der Waals surface area contributed by atoms with Crippen molar-refractivity contribution in [3.63, 3.8) is 0 Å². The van der Waals surface area contributed by atoms with Crippen molar-refractivity contribution in [2.24, 2.45) is 0 Å². The average Bonchev–Trinajstić information content (AvgIpc) is 3.23. The van der Waals surface area contributed by atoms with Crippen LogP contribution in [0.3, 0.4) is 0 Å². The third-order valence-corrected chi connectivity index (χ3v) is 5.52. The van der Waals surface area contributed by atoms with Gasteiger partial charge in [0.05, 0.1) is 10.6 Å². The van der Waals surface area contributed by atoms with Crippen LogP contribution < -0.4 is 10.2 Å². The second-order valence-electron chi connectivity index (χ2n) is 6.84. The Balaban J connectivity index is 1.62. The standard InChI is InChI=1S/C19H24N8S/c1-4-16-22-18(25-19(23-16)27-9-7-26(3)8-10-27)24-17-20-13(2)12-14(21-17)15-6-5-11-28-15/h5-6,11-12H,4,7-10H2,1-3H3,(H,20,21,22,23,24,25). The number of rotatable bonds is 5. The van der Waals surface area contributed by atoms with E-state index in [1.807, 2.05) is 31.4 Å². The summed E-state index contributed by atoms with van der Waals surface area (Å²) in [4.78, 5) is 28.6. The molecule has 0 radical (unpaired) electrons. The molecule has 4 rings (SSSR count). The Morgan fingerprint density at radius 1 is 1.04 bits per heavy atom. The minimum Gasteiger partial charge on any atom is -0.338 e. The van der Waals surface area contributed by atoms with Gasteiger partial charge in [0, 0.05) is 38.3 Å². The average molecular weight is 397 g/mol. The topological polar surface area (TPSA) is 83.0 Å². The van der Waals surface area contributed by atoms with Crippen molar-refractivity contribution < 1.29 is 0 Å². The molecule has 0 unspecified atom stereocenters. The van der Waals surface area contributed by atoms with E-state index in [9.17, 15) is 0 Å². The number of nitrogens with zero attached hydrogens (tertiary/aromatic N) is 7. The van der Waals surface area contributed by atoms with E-state index in [4.69, 9.17) is 0 Å². The molecule has 3 aromatic rings. The van der Waals surface area contributed by atoms with Crippen molar-refractivity contribution in [1.82, 2.24) is 29.8 Å². The minimum atomic E-state index is 0.489. The maximum atomic E-state index is 4.65. The van der Waals surface area contributed by atoms with Gasteiger partial charge >= 0.3 is 0 Å². The van der Waals surface area contributed by atoms with Crippen LogP contribution in [0, 0.1) is 6.92 Å². The summed E-state index contributed by atoms with van der Waals surface area (Å²) in [6.07, 6.45) is 0.743. The zero-order chi connectivity index (χ0) is 19.5. The van der Waals surface area contributed by atoms with Gasteiger partial charge in [0.25, 0.3) is 0 Å². The Hall–Kier alpha value is -2.65. The van der Waals surface area contributed by atoms with Gasteiger partial charge in [0.1, 0.15) is 5.82 Å². The van der Waals surface area contributed by atoms with Crippen LogP contribution in [0.15, 0.2) is 23.6 Å². The molecule has 0 aromatic carbocycles. The SMILES string of the molecule is CCc1nc(Nc2nc(C)cc(-c3cccs3)n2)nc(N2CCN(C)CC2)n1. The molecule has 3 aromatic heterocycles. The van der Waals surface area contributed by atoms with Gasteiger partial charge in [-0.1, -0.05) is 13.0 Å². The summed E-state index contributed by atoms with van der Waals surface area (Å²) in [5.74, 6) is 2.47. The van der Waals surface area contributed by atoms with Crippen LogP contribution in [0.4, 0.5) is 17.8 Å². The lowest BCUT2D eigenvalue weighted by atomic mass is 10.3. The monoisotopic (exact) mass is 396 g/mol. The third kappa shape index (κ3) is 4.26. The molecule has 9 heteroatoms. The molecule has 1 fully saturated rings. The van der Waals surface area contributed by atoms with Crippen LogP contribution >= 0.6 is 11.3 Å². The van der Waals surface area contributed by atoms with Crippen molar-refractivity contribution in [3.05, 3.63) is 35.1 Å². The molecule has 0 amide bonds. The summed E-state index contributed by atoms with van der Waals surface area (Å²) in [5.41, 5.74) is 1.79. The molecule has 1 aliphatic rings. The van der Waals surface area contributed by atoms with Gasteiger partial charge in [0.15, 0.2) is 0 Å². The van der Waals surface area contributed by atoms with Crippen molar-refractivity contribution in [3.8, 4) is 10.6 Å². The second kappa shape index (κ2) is 8.15. The first kappa shape index (κ1) is 18.7. The first-order chi connectivity index (χ1) is 13.6. The summed E-state index contributed by atoms with van der Waals surface area (Å²) in [6.45, 7) is 7.83. The number of aromatic nitrogens is 5. The summed E-state index contributed by atoms with van der Waals surface area (Å²) in [5, 5.41) is 5.24. The Morgan fingerprint density at radius 2 is 1.82 bits per heavy atom. The number of aryl methyl sites for hydroxylation is 2. The normalized spacial score (nSPS) is 15.0. The number of piperazine rings is 1. The fourth-order valence-electron chi connectivity index (χ4n) is 3.04. The molecule has 0 atom stereocenters. The molecule has 0 bridgehead atoms. The molecule has 8 nitrogen and oxygen atoms in total. The smallest absolute Gasteiger partial charge is 0.234 e. The largest absolute Gasteiger partial charge is 0.338 e. The molecule has 0 spiro atoms. The molecular formula is C19H24N8S. The first-order valence-electron chi connectivity index (χ1n) is 9.45. The van der Waals surface area contributed by atoms with Crippen molar-refractivity contribution >= 4 is 29.2 Å². The minimum absolute atomic E-state index is 0.489. The first-order valence-corrected chi connectivity index (χ1v) is 10.3. The van der Waals surface area contributed by atoms with Crippen LogP contribution in [0.1, 0.15) is 18.4 Å². The maximum absolute atomic E-state index is 4.65. The maximum Gasteiger partial charge on any atom is 0.234 e. The van der Waals surface area contributed by atoms with E-state index >= 15 is 0 Å². The lowest BCUT2D eigenvalue weighted by molar-refractivity contribution is 0.311. The molecule has 1 aliphatic heterocycles. The number of thiophene rings is 1. The number of anilines is 3. The zero-order valence-corrected chi connectivity index (χ0v) is 17.2. The van der Waals surface area contributed by atoms with Crippen LogP contribution in [-0.4, -0.2) is 63.0 Å². The highest BCUT2D eigenvalue weighted by Gasteiger charge is 2.18. The van der Waals surface area contributed by atoms with Crippen LogP contribution in [0.2, 0.25) is 0 Å². The number of likely N-dealkylation sites (N-methyl/N-ethyl adjacent to an activating group) is 1. The number of hydrogen-bond acceptors (Lipinski definition) is 9. The predicted molar refractivity (Wildman–Crippen MR) is 112 cm³/mol. The lowest BCUT2D eigenvalue weighted by Crippen LogP contribution is -2.45. The van der Waals surface area contributed by atoms with Gasteiger partial charge in [-0.3, -0.25) is 5.32 Å². The molecule has 4 heterocycles. The quantitative estimate of drug-likeness (QED) is 0.705. The molecule has 146 valence electrons. The molecule has 1 N–H and O–H groups in total. The fraction of sp³-hybridized carbons (Fsp3) is 0.421. The van der Waals surface area contributed by atoms with E-state index < -0.39 is 0 Å². The fourth-order valence-corrected chi connectivity index (χ4v) is 3.73. The van der Waals surface area contributed by atoms with Crippen LogP contribution in [0.25, 0.3) is 10.6 Å². The number of hydrogen-bond donors (Lipinski definition) is 1. The van der Waals surface area contributed by atoms with Crippen molar-refractivity contribution in [2.45, 2.75) is 20.3 Å². The highest BCUT2D eigenvalue weighted by molar-refractivity contribution is 7.13. The van der Waals surface area contributed by atoms with E-state index in [1.54, 1.807) is 11.3 Å². The third-order valence-electron chi connectivity index (χ3n) is 4.62. The molecule has 28 heavy (non-hydrogen) atoms. The van der Waals surface area contributed by atoms with Gasteiger partial charge in [-0.05, 0) is 31.5 Å². The van der Waals surface area contributed by atoms with Gasteiger partial charge in [0.2, 0.25) is 17.8 Å². The summed E-state index contributed by atoms with van der Waals surface area (Å²) < 4.78 is 0. The van der Waals surface area contributed by atoms with Crippen LogP contribution in [0.5, 0.6) is 0 Å². The highest BCUT2D eigenvalue weighted by atomic mass is 32.1. The Labute approximate surface area is 168 Å². The van der Waals surface area contributed by atoms with Gasteiger partial charge < -0.3 is 9.80 Å². The molecule has 0 aliphatic carbocycles. The van der Waals surface area contributed by atoms with E-state index in [1.165, 1.54) is 0 Å². The van der Waals surface area contributed by atoms with Crippen molar-refractivity contribution in [1.29, 1.82) is 0 Å². The van der Waals surface area contributed by atoms with E-state index in [0.717, 1.165) is 54.7 Å².